The van der Waals surface area contributed by atoms with Crippen molar-refractivity contribution < 1.29 is 4.79 Å². The second kappa shape index (κ2) is 8.25. The highest BCUT2D eigenvalue weighted by atomic mass is 32.2. The van der Waals surface area contributed by atoms with Gasteiger partial charge in [-0.05, 0) is 51.7 Å². The Morgan fingerprint density at radius 2 is 1.88 bits per heavy atom. The summed E-state index contributed by atoms with van der Waals surface area (Å²) in [5.41, 5.74) is 0.669. The molecule has 1 aromatic heterocycles. The van der Waals surface area contributed by atoms with Gasteiger partial charge >= 0.3 is 0 Å². The van der Waals surface area contributed by atoms with Crippen LogP contribution >= 0.6 is 11.8 Å². The molecule has 6 heteroatoms. The van der Waals surface area contributed by atoms with Crippen molar-refractivity contribution in [2.45, 2.75) is 62.9 Å². The van der Waals surface area contributed by atoms with Crippen molar-refractivity contribution >= 4 is 28.6 Å². The van der Waals surface area contributed by atoms with Crippen molar-refractivity contribution in [1.29, 1.82) is 0 Å². The van der Waals surface area contributed by atoms with Crippen LogP contribution in [0, 0.1) is 0 Å². The lowest BCUT2D eigenvalue weighted by molar-refractivity contribution is -0.131. The van der Waals surface area contributed by atoms with E-state index < -0.39 is 0 Å². The second-order valence-corrected chi connectivity index (χ2v) is 8.30. The first-order valence-corrected chi connectivity index (χ1v) is 10.4. The molecule has 140 valence electrons. The molecule has 5 nitrogen and oxygen atoms in total. The Labute approximate surface area is 158 Å². The van der Waals surface area contributed by atoms with Gasteiger partial charge in [-0.1, -0.05) is 30.8 Å². The van der Waals surface area contributed by atoms with E-state index in [0.29, 0.717) is 16.1 Å². The fourth-order valence-electron chi connectivity index (χ4n) is 3.36. The van der Waals surface area contributed by atoms with Crippen LogP contribution in [0.2, 0.25) is 0 Å². The summed E-state index contributed by atoms with van der Waals surface area (Å²) in [4.78, 5) is 32.5. The molecule has 3 rings (SSSR count). The molecule has 2 atom stereocenters. The van der Waals surface area contributed by atoms with E-state index >= 15 is 0 Å². The number of hydrogen-bond acceptors (Lipinski definition) is 4. The van der Waals surface area contributed by atoms with E-state index in [4.69, 9.17) is 4.98 Å². The number of aromatic nitrogens is 2. The van der Waals surface area contributed by atoms with E-state index in [9.17, 15) is 9.59 Å². The maximum Gasteiger partial charge on any atom is 0.262 e. The Kier molecular flexibility index (Phi) is 6.01. The monoisotopic (exact) mass is 373 g/mol. The van der Waals surface area contributed by atoms with Gasteiger partial charge in [-0.3, -0.25) is 14.2 Å². The summed E-state index contributed by atoms with van der Waals surface area (Å²) in [6.07, 6.45) is 4.19. The number of para-hydroxylation sites is 1. The SMILES string of the molecule is CC[C@@H](C)n1c(S[C@H](C)C(=O)N2CCCCC2)nc2ccccc2c1=O. The third-order valence-electron chi connectivity index (χ3n) is 5.10. The summed E-state index contributed by atoms with van der Waals surface area (Å²) in [6, 6.07) is 7.47. The standard InChI is InChI=1S/C20H27N3O2S/c1-4-14(2)23-19(25)16-10-6-7-11-17(16)21-20(23)26-15(3)18(24)22-12-8-5-9-13-22/h6-7,10-11,14-15H,4-5,8-9,12-13H2,1-3H3/t14-,15-/m1/s1. The van der Waals surface area contributed by atoms with Gasteiger partial charge in [0.25, 0.3) is 5.56 Å². The molecule has 1 aromatic carbocycles. The predicted molar refractivity (Wildman–Crippen MR) is 107 cm³/mol. The highest BCUT2D eigenvalue weighted by Gasteiger charge is 2.25. The minimum Gasteiger partial charge on any atom is -0.342 e. The summed E-state index contributed by atoms with van der Waals surface area (Å²) >= 11 is 1.41. The lowest BCUT2D eigenvalue weighted by atomic mass is 10.1. The molecular weight excluding hydrogens is 346 g/mol. The highest BCUT2D eigenvalue weighted by Crippen LogP contribution is 2.27. The smallest absolute Gasteiger partial charge is 0.262 e. The van der Waals surface area contributed by atoms with Gasteiger partial charge in [0, 0.05) is 19.1 Å². The number of hydrogen-bond donors (Lipinski definition) is 0. The zero-order valence-corrected chi connectivity index (χ0v) is 16.6. The Balaban J connectivity index is 1.95. The van der Waals surface area contributed by atoms with E-state index in [1.165, 1.54) is 18.2 Å². The molecule has 2 aromatic rings. The fraction of sp³-hybridized carbons (Fsp3) is 0.550. The number of benzene rings is 1. The third kappa shape index (κ3) is 3.80. The van der Waals surface area contributed by atoms with Crippen LogP contribution in [0.1, 0.15) is 52.5 Å². The molecule has 1 aliphatic rings. The third-order valence-corrected chi connectivity index (χ3v) is 6.16. The fourth-order valence-corrected chi connectivity index (χ4v) is 4.45. The Bertz CT molecular complexity index is 843. The average Bonchev–Trinajstić information content (AvgIpc) is 2.67. The van der Waals surface area contributed by atoms with E-state index in [-0.39, 0.29) is 22.8 Å². The second-order valence-electron chi connectivity index (χ2n) is 6.99. The summed E-state index contributed by atoms with van der Waals surface area (Å²) < 4.78 is 1.76. The number of thioether (sulfide) groups is 1. The molecule has 0 saturated carbocycles. The molecule has 0 bridgehead atoms. The lowest BCUT2D eigenvalue weighted by Crippen LogP contribution is -2.40. The highest BCUT2D eigenvalue weighted by molar-refractivity contribution is 8.00. The molecule has 0 radical (unpaired) electrons. The molecule has 26 heavy (non-hydrogen) atoms. The number of carbonyl (C=O) groups excluding carboxylic acids is 1. The zero-order chi connectivity index (χ0) is 18.7. The first-order chi connectivity index (χ1) is 12.5. The normalized spacial score (nSPS) is 17.3. The van der Waals surface area contributed by atoms with Crippen LogP contribution in [0.5, 0.6) is 0 Å². The van der Waals surface area contributed by atoms with E-state index in [1.807, 2.05) is 43.0 Å². The van der Waals surface area contributed by atoms with Gasteiger partial charge in [0.2, 0.25) is 5.91 Å². The molecule has 0 aliphatic carbocycles. The number of rotatable bonds is 5. The number of carbonyl (C=O) groups is 1. The zero-order valence-electron chi connectivity index (χ0n) is 15.8. The van der Waals surface area contributed by atoms with Gasteiger partial charge < -0.3 is 4.90 Å². The average molecular weight is 374 g/mol. The van der Waals surface area contributed by atoms with Crippen LogP contribution in [0.3, 0.4) is 0 Å². The topological polar surface area (TPSA) is 55.2 Å². The van der Waals surface area contributed by atoms with Crippen LogP contribution in [0.4, 0.5) is 0 Å². The molecule has 0 unspecified atom stereocenters. The maximum atomic E-state index is 13.0. The van der Waals surface area contributed by atoms with E-state index in [1.54, 1.807) is 4.57 Å². The van der Waals surface area contributed by atoms with Crippen molar-refractivity contribution in [1.82, 2.24) is 14.5 Å². The predicted octanol–water partition coefficient (Wildman–Crippen LogP) is 3.86. The van der Waals surface area contributed by atoms with Gasteiger partial charge in [-0.15, -0.1) is 0 Å². The number of fused-ring (bicyclic) bond motifs is 1. The van der Waals surface area contributed by atoms with Crippen LogP contribution in [0.25, 0.3) is 10.9 Å². The molecule has 0 N–H and O–H groups in total. The lowest BCUT2D eigenvalue weighted by Gasteiger charge is -2.29. The minimum atomic E-state index is -0.253. The van der Waals surface area contributed by atoms with Crippen molar-refractivity contribution in [2.75, 3.05) is 13.1 Å². The summed E-state index contributed by atoms with van der Waals surface area (Å²) in [5, 5.41) is 1.02. The van der Waals surface area contributed by atoms with Crippen molar-refractivity contribution in [3.63, 3.8) is 0 Å². The van der Waals surface area contributed by atoms with Crippen LogP contribution in [-0.2, 0) is 4.79 Å². The minimum absolute atomic E-state index is 0.0231. The molecular formula is C20H27N3O2S. The summed E-state index contributed by atoms with van der Waals surface area (Å²) in [5.74, 6) is 0.146. The molecule has 2 heterocycles. The number of amides is 1. The van der Waals surface area contributed by atoms with Crippen LogP contribution < -0.4 is 5.56 Å². The Hall–Kier alpha value is -1.82. The summed E-state index contributed by atoms with van der Waals surface area (Å²) in [6.45, 7) is 7.69. The number of piperidine rings is 1. The Morgan fingerprint density at radius 3 is 2.58 bits per heavy atom. The molecule has 1 amide bonds. The van der Waals surface area contributed by atoms with Crippen LogP contribution in [-0.4, -0.2) is 38.7 Å². The van der Waals surface area contributed by atoms with Crippen molar-refractivity contribution in [3.05, 3.63) is 34.6 Å². The largest absolute Gasteiger partial charge is 0.342 e. The van der Waals surface area contributed by atoms with Gasteiger partial charge in [0.15, 0.2) is 5.16 Å². The van der Waals surface area contributed by atoms with E-state index in [0.717, 1.165) is 32.4 Å². The van der Waals surface area contributed by atoms with Crippen molar-refractivity contribution in [3.8, 4) is 0 Å². The Morgan fingerprint density at radius 1 is 1.19 bits per heavy atom. The first-order valence-electron chi connectivity index (χ1n) is 9.49. The number of nitrogens with zero attached hydrogens (tertiary/aromatic N) is 3. The molecule has 1 saturated heterocycles. The van der Waals surface area contributed by atoms with Gasteiger partial charge in [0.1, 0.15) is 0 Å². The maximum absolute atomic E-state index is 13.0. The molecule has 1 fully saturated rings. The quantitative estimate of drug-likeness (QED) is 0.590. The van der Waals surface area contributed by atoms with Crippen LogP contribution in [0.15, 0.2) is 34.2 Å². The molecule has 0 spiro atoms. The summed E-state index contributed by atoms with van der Waals surface area (Å²) in [7, 11) is 0. The first kappa shape index (κ1) is 19.0. The molecule has 1 aliphatic heterocycles. The van der Waals surface area contributed by atoms with Gasteiger partial charge in [-0.25, -0.2) is 4.98 Å². The van der Waals surface area contributed by atoms with Gasteiger partial charge in [-0.2, -0.15) is 0 Å². The van der Waals surface area contributed by atoms with Gasteiger partial charge in [0.05, 0.1) is 16.2 Å². The van der Waals surface area contributed by atoms with E-state index in [2.05, 4.69) is 6.92 Å². The van der Waals surface area contributed by atoms with Crippen molar-refractivity contribution in [2.24, 2.45) is 0 Å². The number of likely N-dealkylation sites (tertiary alicyclic amines) is 1.